The van der Waals surface area contributed by atoms with Crippen LogP contribution in [0, 0.1) is 6.92 Å². The molecule has 0 unspecified atom stereocenters. The molecule has 4 heterocycles. The summed E-state index contributed by atoms with van der Waals surface area (Å²) in [5.74, 6) is 0.795. The number of pyridine rings is 2. The lowest BCUT2D eigenvalue weighted by molar-refractivity contribution is -0.121. The van der Waals surface area contributed by atoms with E-state index in [1.165, 1.54) is 16.2 Å². The molecule has 4 aromatic rings. The molecule has 1 aromatic carbocycles. The largest absolute Gasteiger partial charge is 0.439 e. The Morgan fingerprint density at radius 2 is 1.90 bits per heavy atom. The van der Waals surface area contributed by atoms with Gasteiger partial charge in [-0.25, -0.2) is 14.8 Å². The number of urea groups is 1. The second-order valence-corrected chi connectivity index (χ2v) is 11.3. The number of anilines is 3. The number of ether oxygens (including phenoxy) is 1. The maximum atomic E-state index is 13.8. The Bertz CT molecular complexity index is 1640. The molecule has 0 spiro atoms. The van der Waals surface area contributed by atoms with Crippen molar-refractivity contribution in [1.82, 2.24) is 20.6 Å². The minimum atomic E-state index is -0.390. The van der Waals surface area contributed by atoms with Crippen LogP contribution in [0.1, 0.15) is 54.3 Å². The average Bonchev–Trinajstić information content (AvgIpc) is 3.35. The number of nitrogens with one attached hydrogen (secondary N) is 3. The number of aromatic nitrogens is 2. The minimum absolute atomic E-state index is 0.0142. The second kappa shape index (κ2) is 11.2. The van der Waals surface area contributed by atoms with E-state index in [0.717, 1.165) is 24.8 Å². The Labute approximate surface area is 241 Å². The summed E-state index contributed by atoms with van der Waals surface area (Å²) in [6.07, 6.45) is 6.92. The molecule has 41 heavy (non-hydrogen) atoms. The fourth-order valence-electron chi connectivity index (χ4n) is 5.44. The van der Waals surface area contributed by atoms with Gasteiger partial charge in [0.2, 0.25) is 11.8 Å². The standard InChI is InChI=1S/C30H30N6O4S/c1-3-23(37)33-18-8-7-9-19(15-18)34-28(38)27-26-25-21(12-13-31-29(25)41-27)35-30(39)36(26)22-16-32-24(14-17(22)2)40-20-10-5-4-6-11-20/h4-6,10-14,16,18-19H,3,7-9,15H2,1-2H3,(H,33,37)(H,34,38)(H,35,39)/t18-,19+/m0/s1. The smallest absolute Gasteiger partial charge is 0.331 e. The van der Waals surface area contributed by atoms with Crippen LogP contribution in [0.4, 0.5) is 21.9 Å². The molecular formula is C30H30N6O4S. The molecule has 1 aliphatic heterocycles. The van der Waals surface area contributed by atoms with E-state index in [-0.39, 0.29) is 29.9 Å². The fraction of sp³-hybridized carbons (Fsp3) is 0.300. The number of carbonyl (C=O) groups excluding carboxylic acids is 3. The van der Waals surface area contributed by atoms with Crippen molar-refractivity contribution >= 4 is 56.5 Å². The number of nitrogens with zero attached hydrogens (tertiary/aromatic N) is 3. The summed E-state index contributed by atoms with van der Waals surface area (Å²) in [5, 5.41) is 9.88. The number of amides is 4. The van der Waals surface area contributed by atoms with E-state index in [1.54, 1.807) is 24.5 Å². The maximum Gasteiger partial charge on any atom is 0.331 e. The van der Waals surface area contributed by atoms with Gasteiger partial charge in [-0.05, 0) is 56.4 Å². The minimum Gasteiger partial charge on any atom is -0.439 e. The van der Waals surface area contributed by atoms with E-state index in [0.29, 0.717) is 56.6 Å². The molecular weight excluding hydrogens is 540 g/mol. The summed E-state index contributed by atoms with van der Waals surface area (Å²) in [7, 11) is 0. The van der Waals surface area contributed by atoms with Crippen LogP contribution in [0.5, 0.6) is 11.6 Å². The lowest BCUT2D eigenvalue weighted by Crippen LogP contribution is -2.45. The molecule has 2 atom stereocenters. The highest BCUT2D eigenvalue weighted by Gasteiger charge is 2.36. The zero-order valence-corrected chi connectivity index (χ0v) is 23.6. The van der Waals surface area contributed by atoms with Crippen molar-refractivity contribution < 1.29 is 19.1 Å². The van der Waals surface area contributed by atoms with Gasteiger partial charge in [0.15, 0.2) is 0 Å². The van der Waals surface area contributed by atoms with E-state index in [9.17, 15) is 14.4 Å². The molecule has 210 valence electrons. The highest BCUT2D eigenvalue weighted by atomic mass is 32.1. The molecule has 1 aliphatic carbocycles. The third-order valence-corrected chi connectivity index (χ3v) is 8.49. The Hall–Kier alpha value is -4.51. The van der Waals surface area contributed by atoms with Gasteiger partial charge in [-0.1, -0.05) is 25.1 Å². The van der Waals surface area contributed by atoms with Crippen LogP contribution in [0.2, 0.25) is 0 Å². The summed E-state index contributed by atoms with van der Waals surface area (Å²) < 4.78 is 5.89. The third-order valence-electron chi connectivity index (χ3n) is 7.40. The molecule has 0 saturated heterocycles. The molecule has 4 amide bonds. The first-order valence-corrected chi connectivity index (χ1v) is 14.5. The quantitative estimate of drug-likeness (QED) is 0.249. The number of hydrogen-bond donors (Lipinski definition) is 3. The van der Waals surface area contributed by atoms with Crippen molar-refractivity contribution in [1.29, 1.82) is 0 Å². The van der Waals surface area contributed by atoms with Gasteiger partial charge in [-0.15, -0.1) is 11.3 Å². The number of aryl methyl sites for hydroxylation is 1. The van der Waals surface area contributed by atoms with E-state index < -0.39 is 0 Å². The van der Waals surface area contributed by atoms with Crippen LogP contribution in [-0.4, -0.2) is 39.9 Å². The molecule has 1 saturated carbocycles. The van der Waals surface area contributed by atoms with Crippen molar-refractivity contribution in [2.45, 2.75) is 58.0 Å². The molecule has 0 bridgehead atoms. The number of carbonyl (C=O) groups is 3. The summed E-state index contributed by atoms with van der Waals surface area (Å²) in [6, 6.07) is 12.4. The van der Waals surface area contributed by atoms with Crippen molar-refractivity contribution in [2.24, 2.45) is 0 Å². The monoisotopic (exact) mass is 570 g/mol. The van der Waals surface area contributed by atoms with Crippen LogP contribution in [0.3, 0.4) is 0 Å². The highest BCUT2D eigenvalue weighted by molar-refractivity contribution is 7.21. The number of benzene rings is 1. The Morgan fingerprint density at radius 3 is 2.66 bits per heavy atom. The van der Waals surface area contributed by atoms with Gasteiger partial charge in [0.1, 0.15) is 15.5 Å². The van der Waals surface area contributed by atoms with Gasteiger partial charge in [-0.3, -0.25) is 14.5 Å². The molecule has 10 nitrogen and oxygen atoms in total. The molecule has 2 aliphatic rings. The Kier molecular flexibility index (Phi) is 7.27. The first-order chi connectivity index (χ1) is 19.9. The van der Waals surface area contributed by atoms with Crippen LogP contribution >= 0.6 is 11.3 Å². The predicted octanol–water partition coefficient (Wildman–Crippen LogP) is 6.04. The Morgan fingerprint density at radius 1 is 1.12 bits per heavy atom. The van der Waals surface area contributed by atoms with E-state index >= 15 is 0 Å². The number of para-hydroxylation sites is 1. The molecule has 11 heteroatoms. The van der Waals surface area contributed by atoms with Crippen molar-refractivity contribution in [3.8, 4) is 11.6 Å². The lowest BCUT2D eigenvalue weighted by atomic mass is 9.90. The number of rotatable bonds is 7. The van der Waals surface area contributed by atoms with Crippen LogP contribution in [0.25, 0.3) is 10.2 Å². The fourth-order valence-corrected chi connectivity index (χ4v) is 6.49. The van der Waals surface area contributed by atoms with Crippen LogP contribution < -0.4 is 25.6 Å². The number of thiophene rings is 1. The normalized spacial score (nSPS) is 18.1. The Balaban J connectivity index is 1.32. The highest BCUT2D eigenvalue weighted by Crippen LogP contribution is 2.47. The van der Waals surface area contributed by atoms with Gasteiger partial charge in [0, 0.05) is 30.8 Å². The summed E-state index contributed by atoms with van der Waals surface area (Å²) >= 11 is 1.25. The zero-order chi connectivity index (χ0) is 28.5. The van der Waals surface area contributed by atoms with Crippen molar-refractivity contribution in [2.75, 3.05) is 10.2 Å². The molecule has 3 aromatic heterocycles. The van der Waals surface area contributed by atoms with Gasteiger partial charge in [0.25, 0.3) is 5.91 Å². The van der Waals surface area contributed by atoms with E-state index in [4.69, 9.17) is 4.74 Å². The summed E-state index contributed by atoms with van der Waals surface area (Å²) in [6.45, 7) is 3.70. The lowest BCUT2D eigenvalue weighted by Gasteiger charge is -2.31. The predicted molar refractivity (Wildman–Crippen MR) is 158 cm³/mol. The van der Waals surface area contributed by atoms with E-state index in [2.05, 4.69) is 25.9 Å². The topological polar surface area (TPSA) is 126 Å². The molecule has 3 N–H and O–H groups in total. The summed E-state index contributed by atoms with van der Waals surface area (Å²) in [5.41, 5.74) is 2.38. The van der Waals surface area contributed by atoms with Gasteiger partial charge >= 0.3 is 6.03 Å². The maximum absolute atomic E-state index is 13.8. The molecule has 6 rings (SSSR count). The zero-order valence-electron chi connectivity index (χ0n) is 22.8. The molecule has 1 fully saturated rings. The average molecular weight is 571 g/mol. The van der Waals surface area contributed by atoms with Gasteiger partial charge in [0.05, 0.1) is 28.6 Å². The van der Waals surface area contributed by atoms with Crippen molar-refractivity contribution in [3.05, 3.63) is 65.3 Å². The summed E-state index contributed by atoms with van der Waals surface area (Å²) in [4.78, 5) is 50.8. The third kappa shape index (κ3) is 5.32. The second-order valence-electron chi connectivity index (χ2n) is 10.3. The van der Waals surface area contributed by atoms with Gasteiger partial charge in [-0.2, -0.15) is 0 Å². The van der Waals surface area contributed by atoms with Crippen LogP contribution in [-0.2, 0) is 4.79 Å². The van der Waals surface area contributed by atoms with Crippen LogP contribution in [0.15, 0.2) is 54.9 Å². The first kappa shape index (κ1) is 26.7. The van der Waals surface area contributed by atoms with Gasteiger partial charge < -0.3 is 20.7 Å². The number of hydrogen-bond acceptors (Lipinski definition) is 7. The van der Waals surface area contributed by atoms with E-state index in [1.807, 2.05) is 44.2 Å². The first-order valence-electron chi connectivity index (χ1n) is 13.7. The van der Waals surface area contributed by atoms with Crippen molar-refractivity contribution in [3.63, 3.8) is 0 Å². The SMILES string of the molecule is CCC(=O)N[C@H]1CCC[C@@H](NC(=O)c2sc3nccc4c3c2N(c2cnc(Oc3ccccc3)cc2C)C(=O)N4)C1. The molecule has 0 radical (unpaired) electrons.